The molecule has 0 aliphatic rings. The smallest absolute Gasteiger partial charge is 0.305 e. The fraction of sp³-hybridized carbons (Fsp3) is 0.200. The number of hydrogen-bond donors (Lipinski definition) is 1. The predicted molar refractivity (Wildman–Crippen MR) is 52.1 cm³/mol. The van der Waals surface area contributed by atoms with Crippen LogP contribution in [0.4, 0.5) is 0 Å². The van der Waals surface area contributed by atoms with E-state index in [1.807, 2.05) is 6.07 Å². The Bertz CT molecular complexity index is 384. The first-order valence-corrected chi connectivity index (χ1v) is 4.38. The van der Waals surface area contributed by atoms with Crippen molar-refractivity contribution in [1.29, 1.82) is 5.26 Å². The van der Waals surface area contributed by atoms with Crippen molar-refractivity contribution in [2.24, 2.45) is 0 Å². The van der Waals surface area contributed by atoms with E-state index < -0.39 is 11.9 Å². The summed E-state index contributed by atoms with van der Waals surface area (Å²) in [6, 6.07) is 8.70. The second kappa shape index (κ2) is 4.64. The summed E-state index contributed by atoms with van der Waals surface area (Å²) in [5, 5.41) is 17.8. The highest BCUT2D eigenvalue weighted by Crippen LogP contribution is 2.26. The molecule has 0 aromatic heterocycles. The number of carbonyl (C=O) groups is 1. The van der Waals surface area contributed by atoms with E-state index in [2.05, 4.69) is 0 Å². The molecule has 0 spiro atoms. The van der Waals surface area contributed by atoms with Gasteiger partial charge in [-0.3, -0.25) is 4.79 Å². The van der Waals surface area contributed by atoms with Gasteiger partial charge < -0.3 is 5.11 Å². The molecular weight excluding hydrogens is 202 g/mol. The van der Waals surface area contributed by atoms with E-state index >= 15 is 0 Å². The van der Waals surface area contributed by atoms with E-state index in [1.54, 1.807) is 24.3 Å². The third-order valence-electron chi connectivity index (χ3n) is 1.82. The van der Waals surface area contributed by atoms with Crippen molar-refractivity contribution in [3.8, 4) is 6.07 Å². The average Bonchev–Trinajstić information content (AvgIpc) is 2.15. The molecule has 0 saturated heterocycles. The Morgan fingerprint density at radius 1 is 1.57 bits per heavy atom. The summed E-state index contributed by atoms with van der Waals surface area (Å²) in [5.41, 5.74) is 0.569. The molecular formula is C10H8ClNO2. The number of hydrogen-bond acceptors (Lipinski definition) is 2. The van der Waals surface area contributed by atoms with Gasteiger partial charge in [0.1, 0.15) is 0 Å². The van der Waals surface area contributed by atoms with Gasteiger partial charge in [0.2, 0.25) is 0 Å². The Morgan fingerprint density at radius 3 is 2.71 bits per heavy atom. The third kappa shape index (κ3) is 2.48. The lowest BCUT2D eigenvalue weighted by molar-refractivity contribution is -0.137. The van der Waals surface area contributed by atoms with Crippen molar-refractivity contribution in [2.75, 3.05) is 0 Å². The number of carboxylic acid groups (broad SMARTS) is 1. The number of halogens is 1. The fourth-order valence-corrected chi connectivity index (χ4v) is 1.42. The molecule has 0 aliphatic carbocycles. The van der Waals surface area contributed by atoms with Gasteiger partial charge in [0.05, 0.1) is 18.4 Å². The lowest BCUT2D eigenvalue weighted by Gasteiger charge is -2.07. The van der Waals surface area contributed by atoms with Crippen LogP contribution < -0.4 is 0 Å². The van der Waals surface area contributed by atoms with Crippen LogP contribution in [0.15, 0.2) is 24.3 Å². The normalized spacial score (nSPS) is 11.7. The molecule has 0 aliphatic heterocycles. The maximum atomic E-state index is 10.5. The van der Waals surface area contributed by atoms with E-state index in [0.717, 1.165) is 0 Å². The summed E-state index contributed by atoms with van der Waals surface area (Å²) in [6.07, 6.45) is -0.222. The van der Waals surface area contributed by atoms with E-state index in [0.29, 0.717) is 10.6 Å². The van der Waals surface area contributed by atoms with Crippen LogP contribution in [-0.2, 0) is 4.79 Å². The molecule has 0 saturated carbocycles. The van der Waals surface area contributed by atoms with Gasteiger partial charge in [-0.05, 0) is 11.6 Å². The second-order valence-corrected chi connectivity index (χ2v) is 3.21. The van der Waals surface area contributed by atoms with E-state index in [9.17, 15) is 4.79 Å². The maximum absolute atomic E-state index is 10.5. The highest BCUT2D eigenvalue weighted by molar-refractivity contribution is 6.31. The molecule has 14 heavy (non-hydrogen) atoms. The predicted octanol–water partition coefficient (Wildman–Crippen LogP) is 2.42. The highest BCUT2D eigenvalue weighted by Gasteiger charge is 2.16. The quantitative estimate of drug-likeness (QED) is 0.832. The molecule has 0 radical (unpaired) electrons. The zero-order valence-electron chi connectivity index (χ0n) is 7.27. The molecule has 72 valence electrons. The maximum Gasteiger partial charge on any atom is 0.305 e. The zero-order valence-corrected chi connectivity index (χ0v) is 8.03. The molecule has 1 atom stereocenters. The van der Waals surface area contributed by atoms with E-state index in [1.165, 1.54) is 0 Å². The summed E-state index contributed by atoms with van der Waals surface area (Å²) in [5.74, 6) is -1.68. The van der Waals surface area contributed by atoms with Crippen LogP contribution in [0.5, 0.6) is 0 Å². The zero-order chi connectivity index (χ0) is 10.6. The molecule has 1 rings (SSSR count). The average molecular weight is 210 g/mol. The van der Waals surface area contributed by atoms with Crippen LogP contribution in [-0.4, -0.2) is 11.1 Å². The number of nitrogens with zero attached hydrogens (tertiary/aromatic N) is 1. The van der Waals surface area contributed by atoms with Crippen LogP contribution in [0.2, 0.25) is 5.02 Å². The molecule has 0 unspecified atom stereocenters. The number of nitriles is 1. The van der Waals surface area contributed by atoms with Gasteiger partial charge in [-0.2, -0.15) is 5.26 Å². The molecule has 0 amide bonds. The van der Waals surface area contributed by atoms with Crippen molar-refractivity contribution in [3.63, 3.8) is 0 Å². The molecule has 4 heteroatoms. The fourth-order valence-electron chi connectivity index (χ4n) is 1.16. The molecule has 0 bridgehead atoms. The lowest BCUT2D eigenvalue weighted by atomic mass is 9.97. The number of aliphatic carboxylic acids is 1. The Balaban J connectivity index is 2.96. The topological polar surface area (TPSA) is 61.1 Å². The monoisotopic (exact) mass is 209 g/mol. The molecule has 0 heterocycles. The van der Waals surface area contributed by atoms with Crippen LogP contribution in [0.3, 0.4) is 0 Å². The molecule has 1 aromatic carbocycles. The Labute approximate surface area is 86.5 Å². The highest BCUT2D eigenvalue weighted by atomic mass is 35.5. The van der Waals surface area contributed by atoms with Crippen LogP contribution in [0.1, 0.15) is 17.9 Å². The molecule has 3 nitrogen and oxygen atoms in total. The van der Waals surface area contributed by atoms with Gasteiger partial charge in [-0.1, -0.05) is 29.8 Å². The largest absolute Gasteiger partial charge is 0.481 e. The first kappa shape index (κ1) is 10.6. The van der Waals surface area contributed by atoms with Gasteiger partial charge in [0.25, 0.3) is 0 Å². The standard InChI is InChI=1S/C10H8ClNO2/c11-9-4-2-1-3-8(9)7(6-12)5-10(13)14/h1-4,7H,5H2,(H,13,14)/t7-/m0/s1. The molecule has 0 fully saturated rings. The summed E-state index contributed by atoms with van der Waals surface area (Å²) in [7, 11) is 0. The first-order valence-electron chi connectivity index (χ1n) is 4.01. The van der Waals surface area contributed by atoms with Crippen LogP contribution >= 0.6 is 11.6 Å². The Kier molecular flexibility index (Phi) is 3.49. The van der Waals surface area contributed by atoms with Crippen molar-refractivity contribution in [3.05, 3.63) is 34.9 Å². The summed E-state index contributed by atoms with van der Waals surface area (Å²) in [4.78, 5) is 10.5. The van der Waals surface area contributed by atoms with Crippen LogP contribution in [0, 0.1) is 11.3 Å². The van der Waals surface area contributed by atoms with Crippen molar-refractivity contribution < 1.29 is 9.90 Å². The minimum Gasteiger partial charge on any atom is -0.481 e. The van der Waals surface area contributed by atoms with Gasteiger partial charge in [-0.15, -0.1) is 0 Å². The molecule has 1 N–H and O–H groups in total. The number of carboxylic acids is 1. The second-order valence-electron chi connectivity index (χ2n) is 2.80. The Hall–Kier alpha value is -1.53. The van der Waals surface area contributed by atoms with Gasteiger partial charge >= 0.3 is 5.97 Å². The van der Waals surface area contributed by atoms with Crippen molar-refractivity contribution in [2.45, 2.75) is 12.3 Å². The Morgan fingerprint density at radius 2 is 2.21 bits per heavy atom. The number of benzene rings is 1. The summed E-state index contributed by atoms with van der Waals surface area (Å²) >= 11 is 5.84. The number of rotatable bonds is 3. The third-order valence-corrected chi connectivity index (χ3v) is 2.16. The van der Waals surface area contributed by atoms with E-state index in [4.69, 9.17) is 22.0 Å². The summed E-state index contributed by atoms with van der Waals surface area (Å²) in [6.45, 7) is 0. The van der Waals surface area contributed by atoms with Gasteiger partial charge in [0, 0.05) is 5.02 Å². The van der Waals surface area contributed by atoms with Gasteiger partial charge in [0.15, 0.2) is 0 Å². The SMILES string of the molecule is N#C[C@H](CC(=O)O)c1ccccc1Cl. The molecule has 1 aromatic rings. The van der Waals surface area contributed by atoms with Crippen molar-refractivity contribution in [1.82, 2.24) is 0 Å². The van der Waals surface area contributed by atoms with Gasteiger partial charge in [-0.25, -0.2) is 0 Å². The minimum atomic E-state index is -1.00. The lowest BCUT2D eigenvalue weighted by Crippen LogP contribution is -2.04. The van der Waals surface area contributed by atoms with Crippen LogP contribution in [0.25, 0.3) is 0 Å². The first-order chi connectivity index (χ1) is 6.65. The summed E-state index contributed by atoms with van der Waals surface area (Å²) < 4.78 is 0. The van der Waals surface area contributed by atoms with Crippen molar-refractivity contribution >= 4 is 17.6 Å². The minimum absolute atomic E-state index is 0.222. The van der Waals surface area contributed by atoms with E-state index in [-0.39, 0.29) is 6.42 Å².